The standard InChI is InChI=1S/C28H42F2O/c1-2-3-4-5-20-6-8-21(9-7-20)23-10-12-26-19-24(11-13-25(26)18-23)22-14-16-27(17-15-22)31-28(29)30/h14-17,20-21,23-26,28H,2-13,18-19H2,1H3. The maximum Gasteiger partial charge on any atom is 0.387 e. The highest BCUT2D eigenvalue weighted by atomic mass is 19.3. The minimum absolute atomic E-state index is 0.271. The summed E-state index contributed by atoms with van der Waals surface area (Å²) >= 11 is 0. The molecule has 3 saturated carbocycles. The molecule has 0 bridgehead atoms. The molecule has 31 heavy (non-hydrogen) atoms. The molecule has 3 aliphatic rings. The van der Waals surface area contributed by atoms with Gasteiger partial charge in [0.05, 0.1) is 0 Å². The molecule has 1 aromatic carbocycles. The van der Waals surface area contributed by atoms with E-state index in [1.807, 2.05) is 12.1 Å². The lowest BCUT2D eigenvalue weighted by Gasteiger charge is -2.45. The van der Waals surface area contributed by atoms with E-state index >= 15 is 0 Å². The Morgan fingerprint density at radius 2 is 1.39 bits per heavy atom. The Morgan fingerprint density at radius 3 is 2.06 bits per heavy atom. The van der Waals surface area contributed by atoms with Gasteiger partial charge in [0.25, 0.3) is 0 Å². The highest BCUT2D eigenvalue weighted by molar-refractivity contribution is 5.30. The van der Waals surface area contributed by atoms with Crippen molar-refractivity contribution in [1.82, 2.24) is 0 Å². The van der Waals surface area contributed by atoms with Gasteiger partial charge in [-0.1, -0.05) is 57.6 Å². The molecule has 4 rings (SSSR count). The molecule has 0 aliphatic heterocycles. The Bertz CT molecular complexity index is 649. The van der Waals surface area contributed by atoms with Crippen LogP contribution in [0.2, 0.25) is 0 Å². The lowest BCUT2D eigenvalue weighted by Crippen LogP contribution is -2.34. The number of unbranched alkanes of at least 4 members (excludes halogenated alkanes) is 2. The van der Waals surface area contributed by atoms with Crippen molar-refractivity contribution in [2.75, 3.05) is 0 Å². The molecule has 0 spiro atoms. The van der Waals surface area contributed by atoms with E-state index in [1.165, 1.54) is 95.5 Å². The molecule has 0 aromatic heterocycles. The number of fused-ring (bicyclic) bond motifs is 1. The molecule has 1 nitrogen and oxygen atoms in total. The van der Waals surface area contributed by atoms with E-state index in [9.17, 15) is 8.78 Å². The topological polar surface area (TPSA) is 9.23 Å². The quantitative estimate of drug-likeness (QED) is 0.372. The minimum Gasteiger partial charge on any atom is -0.435 e. The van der Waals surface area contributed by atoms with E-state index < -0.39 is 6.61 Å². The summed E-state index contributed by atoms with van der Waals surface area (Å²) in [6.45, 7) is -0.435. The molecule has 3 aliphatic carbocycles. The van der Waals surface area contributed by atoms with E-state index in [2.05, 4.69) is 11.7 Å². The van der Waals surface area contributed by atoms with Crippen LogP contribution in [0.5, 0.6) is 5.75 Å². The fraction of sp³-hybridized carbons (Fsp3) is 0.786. The summed E-state index contributed by atoms with van der Waals surface area (Å²) in [6, 6.07) is 7.44. The van der Waals surface area contributed by atoms with Gasteiger partial charge in [0.15, 0.2) is 0 Å². The molecule has 4 atom stereocenters. The summed E-state index contributed by atoms with van der Waals surface area (Å²) in [4.78, 5) is 0. The van der Waals surface area contributed by atoms with Crippen LogP contribution < -0.4 is 4.74 Å². The molecule has 0 heterocycles. The molecule has 0 saturated heterocycles. The van der Waals surface area contributed by atoms with Crippen molar-refractivity contribution < 1.29 is 13.5 Å². The summed E-state index contributed by atoms with van der Waals surface area (Å²) in [5, 5.41) is 0. The number of benzene rings is 1. The Hall–Kier alpha value is -1.12. The number of hydrogen-bond acceptors (Lipinski definition) is 1. The van der Waals surface area contributed by atoms with Gasteiger partial charge in [0, 0.05) is 0 Å². The van der Waals surface area contributed by atoms with Gasteiger partial charge in [0.2, 0.25) is 0 Å². The lowest BCUT2D eigenvalue weighted by atomic mass is 9.60. The first-order chi connectivity index (χ1) is 15.1. The van der Waals surface area contributed by atoms with Gasteiger partial charge in [-0.2, -0.15) is 8.78 Å². The number of halogens is 2. The first-order valence-corrected chi connectivity index (χ1v) is 13.2. The maximum absolute atomic E-state index is 12.4. The van der Waals surface area contributed by atoms with Crippen molar-refractivity contribution in [3.63, 3.8) is 0 Å². The number of alkyl halides is 2. The first kappa shape index (κ1) is 23.1. The first-order valence-electron chi connectivity index (χ1n) is 13.2. The molecule has 3 heteroatoms. The van der Waals surface area contributed by atoms with Gasteiger partial charge in [0.1, 0.15) is 5.75 Å². The van der Waals surface area contributed by atoms with Crippen LogP contribution in [0.3, 0.4) is 0 Å². The Labute approximate surface area is 188 Å². The zero-order valence-corrected chi connectivity index (χ0v) is 19.4. The van der Waals surface area contributed by atoms with Crippen molar-refractivity contribution in [2.45, 2.75) is 109 Å². The lowest BCUT2D eigenvalue weighted by molar-refractivity contribution is -0.0498. The Kier molecular flexibility index (Phi) is 8.29. The van der Waals surface area contributed by atoms with Crippen molar-refractivity contribution in [2.24, 2.45) is 29.6 Å². The average molecular weight is 433 g/mol. The van der Waals surface area contributed by atoms with Crippen molar-refractivity contribution >= 4 is 0 Å². The van der Waals surface area contributed by atoms with Crippen LogP contribution >= 0.6 is 0 Å². The van der Waals surface area contributed by atoms with E-state index in [-0.39, 0.29) is 5.75 Å². The minimum atomic E-state index is -2.74. The summed E-state index contributed by atoms with van der Waals surface area (Å²) in [6.07, 6.45) is 19.9. The smallest absolute Gasteiger partial charge is 0.387 e. The predicted octanol–water partition coefficient (Wildman–Crippen LogP) is 8.97. The van der Waals surface area contributed by atoms with E-state index in [1.54, 1.807) is 12.1 Å². The van der Waals surface area contributed by atoms with Crippen LogP contribution in [-0.2, 0) is 0 Å². The predicted molar refractivity (Wildman–Crippen MR) is 124 cm³/mol. The molecule has 3 fully saturated rings. The third-order valence-corrected chi connectivity index (χ3v) is 9.00. The Morgan fingerprint density at radius 1 is 0.774 bits per heavy atom. The van der Waals surface area contributed by atoms with E-state index in [4.69, 9.17) is 0 Å². The zero-order valence-electron chi connectivity index (χ0n) is 19.4. The van der Waals surface area contributed by atoms with Crippen molar-refractivity contribution in [3.8, 4) is 5.75 Å². The highest BCUT2D eigenvalue weighted by Gasteiger charge is 2.39. The van der Waals surface area contributed by atoms with Gasteiger partial charge in [-0.05, 0) is 105 Å². The van der Waals surface area contributed by atoms with Crippen LogP contribution in [-0.4, -0.2) is 6.61 Å². The van der Waals surface area contributed by atoms with Gasteiger partial charge < -0.3 is 4.74 Å². The fourth-order valence-electron chi connectivity index (χ4n) is 7.21. The second-order valence-corrected chi connectivity index (χ2v) is 10.8. The van der Waals surface area contributed by atoms with E-state index in [0.29, 0.717) is 5.92 Å². The molecular weight excluding hydrogens is 390 g/mol. The molecule has 0 radical (unpaired) electrons. The molecule has 174 valence electrons. The number of hydrogen-bond donors (Lipinski definition) is 0. The van der Waals surface area contributed by atoms with Crippen LogP contribution in [0.25, 0.3) is 0 Å². The molecule has 4 unspecified atom stereocenters. The molecule has 0 N–H and O–H groups in total. The van der Waals surface area contributed by atoms with Crippen molar-refractivity contribution in [3.05, 3.63) is 29.8 Å². The van der Waals surface area contributed by atoms with Crippen LogP contribution in [0, 0.1) is 29.6 Å². The van der Waals surface area contributed by atoms with Crippen LogP contribution in [0.4, 0.5) is 8.78 Å². The van der Waals surface area contributed by atoms with Gasteiger partial charge in [-0.15, -0.1) is 0 Å². The number of ether oxygens (including phenoxy) is 1. The van der Waals surface area contributed by atoms with Gasteiger partial charge >= 0.3 is 6.61 Å². The summed E-state index contributed by atoms with van der Waals surface area (Å²) in [7, 11) is 0. The fourth-order valence-corrected chi connectivity index (χ4v) is 7.21. The molecular formula is C28H42F2O. The molecule has 1 aromatic rings. The second-order valence-electron chi connectivity index (χ2n) is 10.8. The largest absolute Gasteiger partial charge is 0.435 e. The average Bonchev–Trinajstić information content (AvgIpc) is 2.79. The SMILES string of the molecule is CCCCCC1CCC(C2CCC3CC(c4ccc(OC(F)F)cc4)CCC3C2)CC1. The van der Waals surface area contributed by atoms with Crippen LogP contribution in [0.15, 0.2) is 24.3 Å². The maximum atomic E-state index is 12.4. The van der Waals surface area contributed by atoms with Gasteiger partial charge in [-0.25, -0.2) is 0 Å². The summed E-state index contributed by atoms with van der Waals surface area (Å²) in [5.74, 6) is 5.68. The number of rotatable bonds is 8. The highest BCUT2D eigenvalue weighted by Crippen LogP contribution is 2.51. The Balaban J connectivity index is 1.23. The van der Waals surface area contributed by atoms with Gasteiger partial charge in [-0.3, -0.25) is 0 Å². The van der Waals surface area contributed by atoms with Crippen molar-refractivity contribution in [1.29, 1.82) is 0 Å². The van der Waals surface area contributed by atoms with Crippen LogP contribution in [0.1, 0.15) is 108 Å². The summed E-state index contributed by atoms with van der Waals surface area (Å²) in [5.41, 5.74) is 1.31. The monoisotopic (exact) mass is 432 g/mol. The molecule has 0 amide bonds. The third kappa shape index (κ3) is 6.23. The summed E-state index contributed by atoms with van der Waals surface area (Å²) < 4.78 is 29.3. The second kappa shape index (κ2) is 11.1. The van der Waals surface area contributed by atoms with E-state index in [0.717, 1.165) is 29.6 Å². The normalized spacial score (nSPS) is 33.8. The zero-order chi connectivity index (χ0) is 21.6. The third-order valence-electron chi connectivity index (χ3n) is 9.00.